The van der Waals surface area contributed by atoms with E-state index in [1.54, 1.807) is 0 Å². The third kappa shape index (κ3) is 3.24. The third-order valence-electron chi connectivity index (χ3n) is 2.09. The highest BCUT2D eigenvalue weighted by Crippen LogP contribution is 2.02. The van der Waals surface area contributed by atoms with Crippen LogP contribution in [0.4, 0.5) is 0 Å². The molecule has 0 aliphatic rings. The van der Waals surface area contributed by atoms with Crippen LogP contribution >= 0.6 is 0 Å². The van der Waals surface area contributed by atoms with Crippen molar-refractivity contribution in [3.05, 3.63) is 0 Å². The minimum atomic E-state index is 0.273. The normalized spacial score (nSPS) is 15.6. The molecule has 0 aromatic rings. The maximum absolute atomic E-state index is 8.42. The number of nitrogens with zero attached hydrogens (tertiary/aromatic N) is 2. The van der Waals surface area contributed by atoms with Gasteiger partial charge < -0.3 is 10.2 Å². The van der Waals surface area contributed by atoms with Crippen LogP contribution in [0.5, 0.6) is 0 Å². The van der Waals surface area contributed by atoms with Gasteiger partial charge in [-0.15, -0.1) is 0 Å². The molecule has 1 N–H and O–H groups in total. The second-order valence-corrected chi connectivity index (χ2v) is 2.98. The van der Waals surface area contributed by atoms with Gasteiger partial charge in [-0.3, -0.25) is 0 Å². The van der Waals surface area contributed by atoms with E-state index in [-0.39, 0.29) is 6.04 Å². The minimum Gasteiger partial charge on any atom is -0.319 e. The van der Waals surface area contributed by atoms with Crippen molar-refractivity contribution in [3.63, 3.8) is 0 Å². The molecule has 0 amide bonds. The van der Waals surface area contributed by atoms with E-state index in [4.69, 9.17) is 5.26 Å². The molecule has 0 bridgehead atoms. The first-order valence-electron chi connectivity index (χ1n) is 3.94. The molecule has 0 radical (unpaired) electrons. The van der Waals surface area contributed by atoms with Crippen LogP contribution in [0, 0.1) is 11.5 Å². The number of likely N-dealkylation sites (N-methyl/N-ethyl adjacent to an activating group) is 1. The van der Waals surface area contributed by atoms with Gasteiger partial charge in [-0.2, -0.15) is 5.26 Å². The Kier molecular flexibility index (Phi) is 4.64. The lowest BCUT2D eigenvalue weighted by atomic mass is 10.1. The van der Waals surface area contributed by atoms with Crippen molar-refractivity contribution in [1.82, 2.24) is 10.2 Å². The van der Waals surface area contributed by atoms with Gasteiger partial charge in [0.15, 0.2) is 6.19 Å². The molecule has 3 nitrogen and oxygen atoms in total. The Morgan fingerprint density at radius 1 is 1.55 bits per heavy atom. The lowest BCUT2D eigenvalue weighted by Crippen LogP contribution is -2.43. The SMILES string of the molecule is CCC(NC#N)C(C)N(C)C. The van der Waals surface area contributed by atoms with E-state index >= 15 is 0 Å². The van der Waals surface area contributed by atoms with Gasteiger partial charge in [0.2, 0.25) is 0 Å². The van der Waals surface area contributed by atoms with Crippen LogP contribution in [0.15, 0.2) is 0 Å². The molecule has 0 aromatic carbocycles. The van der Waals surface area contributed by atoms with E-state index in [1.165, 1.54) is 0 Å². The Morgan fingerprint density at radius 2 is 2.09 bits per heavy atom. The van der Waals surface area contributed by atoms with E-state index in [1.807, 2.05) is 20.3 Å². The smallest absolute Gasteiger partial charge is 0.176 e. The van der Waals surface area contributed by atoms with Gasteiger partial charge in [-0.25, -0.2) is 0 Å². The molecular formula is C8H17N3. The van der Waals surface area contributed by atoms with Gasteiger partial charge in [0.1, 0.15) is 0 Å². The van der Waals surface area contributed by atoms with E-state index in [0.29, 0.717) is 6.04 Å². The molecule has 2 atom stereocenters. The summed E-state index contributed by atoms with van der Waals surface area (Å²) >= 11 is 0. The predicted octanol–water partition coefficient (Wildman–Crippen LogP) is 0.786. The Morgan fingerprint density at radius 3 is 2.36 bits per heavy atom. The summed E-state index contributed by atoms with van der Waals surface area (Å²) in [6.45, 7) is 4.19. The molecule has 0 saturated carbocycles. The second kappa shape index (κ2) is 4.97. The van der Waals surface area contributed by atoms with Crippen molar-refractivity contribution in [2.24, 2.45) is 0 Å². The molecule has 0 aromatic heterocycles. The van der Waals surface area contributed by atoms with Gasteiger partial charge in [0.05, 0.1) is 6.04 Å². The average molecular weight is 155 g/mol. The van der Waals surface area contributed by atoms with Gasteiger partial charge in [0.25, 0.3) is 0 Å². The molecular weight excluding hydrogens is 138 g/mol. The van der Waals surface area contributed by atoms with Gasteiger partial charge in [0, 0.05) is 6.04 Å². The predicted molar refractivity (Wildman–Crippen MR) is 46.0 cm³/mol. The zero-order valence-electron chi connectivity index (χ0n) is 7.76. The highest BCUT2D eigenvalue weighted by molar-refractivity contribution is 4.83. The van der Waals surface area contributed by atoms with Crippen LogP contribution in [-0.4, -0.2) is 31.1 Å². The van der Waals surface area contributed by atoms with E-state index in [0.717, 1.165) is 6.42 Å². The first-order valence-corrected chi connectivity index (χ1v) is 3.94. The first kappa shape index (κ1) is 10.2. The second-order valence-electron chi connectivity index (χ2n) is 2.98. The Balaban J connectivity index is 3.93. The molecule has 0 rings (SSSR count). The first-order chi connectivity index (χ1) is 5.13. The van der Waals surface area contributed by atoms with Crippen molar-refractivity contribution in [1.29, 1.82) is 5.26 Å². The quantitative estimate of drug-likeness (QED) is 0.482. The molecule has 0 heterocycles. The van der Waals surface area contributed by atoms with Crippen LogP contribution in [0.1, 0.15) is 20.3 Å². The molecule has 11 heavy (non-hydrogen) atoms. The summed E-state index contributed by atoms with van der Waals surface area (Å²) in [5.41, 5.74) is 0. The van der Waals surface area contributed by atoms with Gasteiger partial charge in [-0.1, -0.05) is 6.92 Å². The zero-order chi connectivity index (χ0) is 8.85. The molecule has 64 valence electrons. The average Bonchev–Trinajstić information content (AvgIpc) is 1.98. The maximum atomic E-state index is 8.42. The molecule has 0 spiro atoms. The molecule has 0 aliphatic carbocycles. The summed E-state index contributed by atoms with van der Waals surface area (Å²) in [6.07, 6.45) is 2.96. The molecule has 0 aliphatic heterocycles. The monoisotopic (exact) mass is 155 g/mol. The summed E-state index contributed by atoms with van der Waals surface area (Å²) in [5.74, 6) is 0. The number of hydrogen-bond acceptors (Lipinski definition) is 3. The zero-order valence-corrected chi connectivity index (χ0v) is 7.76. The Bertz CT molecular complexity index is 137. The topological polar surface area (TPSA) is 39.1 Å². The lowest BCUT2D eigenvalue weighted by molar-refractivity contribution is 0.254. The molecule has 3 heteroatoms. The van der Waals surface area contributed by atoms with Crippen molar-refractivity contribution >= 4 is 0 Å². The van der Waals surface area contributed by atoms with E-state index in [9.17, 15) is 0 Å². The van der Waals surface area contributed by atoms with Crippen molar-refractivity contribution in [2.45, 2.75) is 32.4 Å². The summed E-state index contributed by atoms with van der Waals surface area (Å²) in [7, 11) is 4.04. The lowest BCUT2D eigenvalue weighted by Gasteiger charge is -2.27. The number of nitriles is 1. The summed E-state index contributed by atoms with van der Waals surface area (Å²) in [6, 6.07) is 0.676. The largest absolute Gasteiger partial charge is 0.319 e. The van der Waals surface area contributed by atoms with Crippen LogP contribution in [0.3, 0.4) is 0 Å². The van der Waals surface area contributed by atoms with Crippen LogP contribution < -0.4 is 5.32 Å². The van der Waals surface area contributed by atoms with Crippen LogP contribution in [0.2, 0.25) is 0 Å². The van der Waals surface area contributed by atoms with E-state index < -0.39 is 0 Å². The third-order valence-corrected chi connectivity index (χ3v) is 2.09. The summed E-state index contributed by atoms with van der Waals surface area (Å²) in [5, 5.41) is 11.2. The summed E-state index contributed by atoms with van der Waals surface area (Å²) < 4.78 is 0. The highest BCUT2D eigenvalue weighted by Gasteiger charge is 2.15. The van der Waals surface area contributed by atoms with Gasteiger partial charge in [-0.05, 0) is 27.4 Å². The number of nitrogens with one attached hydrogen (secondary N) is 1. The Hall–Kier alpha value is -0.750. The molecule has 2 unspecified atom stereocenters. The number of hydrogen-bond donors (Lipinski definition) is 1. The Labute approximate surface area is 69.0 Å². The standard InChI is InChI=1S/C8H17N3/c1-5-8(10-6-9)7(2)11(3)4/h7-8,10H,5H2,1-4H3. The summed E-state index contributed by atoms with van der Waals surface area (Å²) in [4.78, 5) is 2.11. The fraction of sp³-hybridized carbons (Fsp3) is 0.875. The molecule has 0 fully saturated rings. The van der Waals surface area contributed by atoms with Crippen molar-refractivity contribution < 1.29 is 0 Å². The number of rotatable bonds is 4. The van der Waals surface area contributed by atoms with Crippen molar-refractivity contribution in [2.75, 3.05) is 14.1 Å². The van der Waals surface area contributed by atoms with Crippen LogP contribution in [-0.2, 0) is 0 Å². The maximum Gasteiger partial charge on any atom is 0.176 e. The van der Waals surface area contributed by atoms with Gasteiger partial charge >= 0.3 is 0 Å². The van der Waals surface area contributed by atoms with E-state index in [2.05, 4.69) is 24.1 Å². The molecule has 0 saturated heterocycles. The van der Waals surface area contributed by atoms with Crippen LogP contribution in [0.25, 0.3) is 0 Å². The highest BCUT2D eigenvalue weighted by atomic mass is 15.1. The minimum absolute atomic E-state index is 0.273. The van der Waals surface area contributed by atoms with Crippen molar-refractivity contribution in [3.8, 4) is 6.19 Å². The fourth-order valence-electron chi connectivity index (χ4n) is 1.01. The fourth-order valence-corrected chi connectivity index (χ4v) is 1.01.